The molecule has 115 heavy (non-hydrogen) atoms. The first-order valence-corrected chi connectivity index (χ1v) is 39.2. The van der Waals surface area contributed by atoms with E-state index in [1.807, 2.05) is 18.2 Å². The highest BCUT2D eigenvalue weighted by Crippen LogP contribution is 2.65. The third kappa shape index (κ3) is 9.92. The summed E-state index contributed by atoms with van der Waals surface area (Å²) in [6.07, 6.45) is 5.37. The van der Waals surface area contributed by atoms with Crippen LogP contribution in [0.5, 0.6) is 23.0 Å². The molecule has 3 aliphatic carbocycles. The fraction of sp³-hybridized carbons (Fsp3) is 0.0280. The van der Waals surface area contributed by atoms with Gasteiger partial charge in [0.2, 0.25) is 0 Å². The number of ether oxygens (including phenoxy) is 2. The Bertz CT molecular complexity index is 7330. The maximum Gasteiger partial charge on any atom is 0.164 e. The summed E-state index contributed by atoms with van der Waals surface area (Å²) in [7, 11) is 0. The molecule has 2 spiro atoms. The fourth-order valence-corrected chi connectivity index (χ4v) is 19.4. The molecule has 5 aliphatic rings. The van der Waals surface area contributed by atoms with Crippen LogP contribution in [0, 0.1) is 0 Å². The van der Waals surface area contributed by atoms with E-state index in [9.17, 15) is 0 Å². The van der Waals surface area contributed by atoms with Gasteiger partial charge in [0.15, 0.2) is 34.9 Å². The molecule has 19 aromatic rings. The molecule has 4 heterocycles. The lowest BCUT2D eigenvalue weighted by Gasteiger charge is -2.39. The highest BCUT2D eigenvalue weighted by Gasteiger charge is 2.53. The van der Waals surface area contributed by atoms with Gasteiger partial charge in [-0.25, -0.2) is 29.9 Å². The minimum atomic E-state index is -0.715. The average molecular weight is 1470 g/mol. The Kier molecular flexibility index (Phi) is 14.2. The molecule has 0 unspecified atom stereocenters. The van der Waals surface area contributed by atoms with Crippen LogP contribution in [0.3, 0.4) is 0 Å². The molecule has 0 fully saturated rings. The summed E-state index contributed by atoms with van der Waals surface area (Å²) in [5, 5.41) is 7.10. The number of benzene rings is 17. The van der Waals surface area contributed by atoms with E-state index in [0.717, 1.165) is 124 Å². The van der Waals surface area contributed by atoms with Crippen molar-refractivity contribution in [2.24, 2.45) is 0 Å². The second-order valence-electron chi connectivity index (χ2n) is 30.6. The average Bonchev–Trinajstić information content (AvgIpc) is 1.55. The smallest absolute Gasteiger partial charge is 0.164 e. The molecule has 24 rings (SSSR count). The Morgan fingerprint density at radius 1 is 0.217 bits per heavy atom. The van der Waals surface area contributed by atoms with E-state index in [1.165, 1.54) is 82.6 Å². The SMILES string of the molecule is C1=Cc2cc(-c3nc(-c4ccccc4)nc(-c4cccc(-c5ccc6c(c5)Oc5cc(-c7cccc(-c8nc(-c9cccc(-c%10ccc%11c(c%10)Oc%10ccccc%10C%11%10c%11ccccc%11-c%11ccccc%11%10)c9)nc(-c9ccc%10c(ccc%11ccccc%11%10)c9)n8)c7)ccc5C65c6ccccc6-c6ccccc65)c4)n3)cc3cccc(c23)C1. The number of nitrogens with zero attached hydrogens (tertiary/aromatic N) is 6. The second kappa shape index (κ2) is 25.2. The van der Waals surface area contributed by atoms with Gasteiger partial charge >= 0.3 is 0 Å². The molecule has 17 aromatic carbocycles. The Hall–Kier alpha value is -15.1. The molecular weight excluding hydrogens is 1400 g/mol. The number of fused-ring (bicyclic) bond motifs is 21. The Balaban J connectivity index is 0.617. The zero-order valence-corrected chi connectivity index (χ0v) is 62.0. The summed E-state index contributed by atoms with van der Waals surface area (Å²) in [6.45, 7) is 0. The zero-order chi connectivity index (χ0) is 75.5. The predicted molar refractivity (Wildman–Crippen MR) is 462 cm³/mol. The summed E-state index contributed by atoms with van der Waals surface area (Å²) >= 11 is 0. The Labute approximate surface area is 663 Å². The van der Waals surface area contributed by atoms with Gasteiger partial charge in [0.1, 0.15) is 23.0 Å². The first-order chi connectivity index (χ1) is 56.9. The molecule has 2 aliphatic heterocycles. The molecule has 0 radical (unpaired) electrons. The molecule has 0 saturated carbocycles. The van der Waals surface area contributed by atoms with Gasteiger partial charge in [-0.05, 0) is 188 Å². The molecule has 0 N–H and O–H groups in total. The van der Waals surface area contributed by atoms with Gasteiger partial charge in [-0.1, -0.05) is 315 Å². The van der Waals surface area contributed by atoms with Crippen molar-refractivity contribution in [3.8, 4) is 147 Å². The standard InChI is InChI=1S/C107H64N6O2/c1-2-22-66(23-3-1)100-108-101(113-105(109-100)80-59-74-29-16-24-65-25-17-30-75(60-80)99(65)74)76-31-18-27-68(55-76)71-49-53-93-97(62-71)115-98-63-72(50-54-94(98)107(93)89-41-12-8-37-85(89)86-38-9-13-42-90(86)107)69-28-20-33-78(57-69)103-110-102(111-104(112-103)79-47-51-82-73(58-79)46-45-64-21-4-5-34-81(64)82)77-32-19-26-67(56-77)70-48-52-92-96(61-70)114-95-44-15-14-43-91(95)106(92)87-39-10-6-35-83(87)84-36-7-11-40-88(84)106/h1-24,26-63H,25H2. The molecule has 0 saturated heterocycles. The van der Waals surface area contributed by atoms with Crippen molar-refractivity contribution in [2.45, 2.75) is 17.3 Å². The molecule has 0 bridgehead atoms. The van der Waals surface area contributed by atoms with Gasteiger partial charge in [-0.15, -0.1) is 0 Å². The number of aromatic nitrogens is 6. The third-order valence-electron chi connectivity index (χ3n) is 24.4. The Morgan fingerprint density at radius 2 is 0.574 bits per heavy atom. The van der Waals surface area contributed by atoms with E-state index in [2.05, 4.69) is 358 Å². The maximum absolute atomic E-state index is 7.47. The topological polar surface area (TPSA) is 95.8 Å². The van der Waals surface area contributed by atoms with Gasteiger partial charge in [-0.2, -0.15) is 0 Å². The van der Waals surface area contributed by atoms with Crippen LogP contribution in [0.2, 0.25) is 0 Å². The van der Waals surface area contributed by atoms with Gasteiger partial charge in [-0.3, -0.25) is 0 Å². The van der Waals surface area contributed by atoms with Crippen molar-refractivity contribution in [1.29, 1.82) is 0 Å². The largest absolute Gasteiger partial charge is 0.457 e. The molecule has 8 heteroatoms. The van der Waals surface area contributed by atoms with Gasteiger partial charge in [0.05, 0.1) is 10.8 Å². The van der Waals surface area contributed by atoms with Crippen LogP contribution < -0.4 is 9.47 Å². The van der Waals surface area contributed by atoms with Gasteiger partial charge in [0.25, 0.3) is 0 Å². The highest BCUT2D eigenvalue weighted by atomic mass is 16.5. The quantitative estimate of drug-likeness (QED) is 0.132. The fourth-order valence-electron chi connectivity index (χ4n) is 19.4. The van der Waals surface area contributed by atoms with Crippen LogP contribution in [-0.2, 0) is 17.3 Å². The predicted octanol–water partition coefficient (Wildman–Crippen LogP) is 26.0. The molecule has 0 atom stereocenters. The summed E-state index contributed by atoms with van der Waals surface area (Å²) < 4.78 is 14.5. The van der Waals surface area contributed by atoms with Crippen molar-refractivity contribution in [1.82, 2.24) is 29.9 Å². The van der Waals surface area contributed by atoms with E-state index >= 15 is 0 Å². The van der Waals surface area contributed by atoms with E-state index < -0.39 is 10.8 Å². The second-order valence-corrected chi connectivity index (χ2v) is 30.6. The highest BCUT2D eigenvalue weighted by molar-refractivity contribution is 6.08. The van der Waals surface area contributed by atoms with E-state index in [0.29, 0.717) is 34.9 Å². The van der Waals surface area contributed by atoms with Crippen LogP contribution in [0.15, 0.2) is 370 Å². The van der Waals surface area contributed by atoms with Gasteiger partial charge in [0, 0.05) is 55.6 Å². The number of allylic oxidation sites excluding steroid dienone is 1. The zero-order valence-electron chi connectivity index (χ0n) is 62.0. The lowest BCUT2D eigenvalue weighted by Crippen LogP contribution is -2.32. The molecular formula is C107H64N6O2. The van der Waals surface area contributed by atoms with E-state index in [-0.39, 0.29) is 0 Å². The summed E-state index contributed by atoms with van der Waals surface area (Å²) in [5.74, 6) is 6.69. The number of hydrogen-bond acceptors (Lipinski definition) is 8. The summed E-state index contributed by atoms with van der Waals surface area (Å²) in [5.41, 5.74) is 26.7. The molecule has 8 nitrogen and oxygen atoms in total. The normalized spacial score (nSPS) is 13.6. The van der Waals surface area contributed by atoms with Crippen LogP contribution in [0.1, 0.15) is 55.6 Å². The lowest BCUT2D eigenvalue weighted by atomic mass is 9.65. The third-order valence-corrected chi connectivity index (χ3v) is 24.4. The van der Waals surface area contributed by atoms with E-state index in [4.69, 9.17) is 39.4 Å². The van der Waals surface area contributed by atoms with E-state index in [1.54, 1.807) is 0 Å². The molecule has 0 amide bonds. The molecule has 2 aromatic heterocycles. The first-order valence-electron chi connectivity index (χ1n) is 39.2. The van der Waals surface area contributed by atoms with Crippen molar-refractivity contribution in [3.63, 3.8) is 0 Å². The van der Waals surface area contributed by atoms with Crippen molar-refractivity contribution < 1.29 is 9.47 Å². The number of rotatable bonds is 9. The van der Waals surface area contributed by atoms with Crippen molar-refractivity contribution in [3.05, 3.63) is 426 Å². The molecule has 534 valence electrons. The summed E-state index contributed by atoms with van der Waals surface area (Å²) in [4.78, 5) is 32.0. The first kappa shape index (κ1) is 64.7. The number of hydrogen-bond donors (Lipinski definition) is 0. The van der Waals surface area contributed by atoms with Crippen LogP contribution in [0.25, 0.3) is 162 Å². The van der Waals surface area contributed by atoms with Crippen molar-refractivity contribution >= 4 is 38.4 Å². The van der Waals surface area contributed by atoms with Crippen LogP contribution in [0.4, 0.5) is 0 Å². The lowest BCUT2D eigenvalue weighted by molar-refractivity contribution is 0.436. The monoisotopic (exact) mass is 1460 g/mol. The Morgan fingerprint density at radius 3 is 1.10 bits per heavy atom. The summed E-state index contributed by atoms with van der Waals surface area (Å²) in [6, 6.07) is 131. The minimum Gasteiger partial charge on any atom is -0.457 e. The number of para-hydroxylation sites is 1. The van der Waals surface area contributed by atoms with Gasteiger partial charge < -0.3 is 9.47 Å². The van der Waals surface area contributed by atoms with Crippen LogP contribution in [-0.4, -0.2) is 29.9 Å². The van der Waals surface area contributed by atoms with Crippen molar-refractivity contribution in [2.75, 3.05) is 0 Å². The maximum atomic E-state index is 7.47. The minimum absolute atomic E-state index is 0.546. The van der Waals surface area contributed by atoms with Crippen LogP contribution >= 0.6 is 0 Å².